The summed E-state index contributed by atoms with van der Waals surface area (Å²) in [5.41, 5.74) is 0.331. The molecule has 7 N–H and O–H groups in total. The summed E-state index contributed by atoms with van der Waals surface area (Å²) in [4.78, 5) is 10.2. The van der Waals surface area contributed by atoms with Gasteiger partial charge in [-0.05, 0) is 12.1 Å². The molecule has 0 heterocycles. The van der Waals surface area contributed by atoms with Gasteiger partial charge < -0.3 is 24.4 Å². The van der Waals surface area contributed by atoms with Crippen LogP contribution < -0.4 is 0 Å². The van der Waals surface area contributed by atoms with Gasteiger partial charge in [-0.2, -0.15) is 0 Å². The second kappa shape index (κ2) is 11.3. The third-order valence-electron chi connectivity index (χ3n) is 1.02. The van der Waals surface area contributed by atoms with Crippen molar-refractivity contribution in [1.82, 2.24) is 0 Å². The fraction of sp³-hybridized carbons (Fsp3) is 0. The fourth-order valence-electron chi connectivity index (χ4n) is 0.581. The van der Waals surface area contributed by atoms with Gasteiger partial charge in [0.05, 0.1) is 5.56 Å². The second-order valence-electron chi connectivity index (χ2n) is 1.67. The summed E-state index contributed by atoms with van der Waals surface area (Å²) in [6, 6.07) is 8.30. The molecule has 13 heavy (non-hydrogen) atoms. The zero-order chi connectivity index (χ0) is 6.69. The molecule has 0 aliphatic carbocycles. The maximum atomic E-state index is 10.2. The first kappa shape index (κ1) is 22.8. The Hall–Kier alpha value is -0.664. The third-order valence-corrected chi connectivity index (χ3v) is 1.02. The smallest absolute Gasteiger partial charge is 1.00 e. The molecule has 74 valence electrons. The normalized spacial score (nSPS) is 6.15. The van der Waals surface area contributed by atoms with Crippen molar-refractivity contribution in [2.75, 3.05) is 0 Å². The average Bonchev–Trinajstić information content (AvgIpc) is 1.90. The van der Waals surface area contributed by atoms with E-state index in [-0.39, 0.29) is 42.3 Å². The molecular formula is C7H14MgO5. The minimum absolute atomic E-state index is 0. The minimum Gasteiger partial charge on any atom is -1.00 e. The maximum Gasteiger partial charge on any atom is 2.00 e. The van der Waals surface area contributed by atoms with Gasteiger partial charge in [-0.15, -0.1) is 0 Å². The molecule has 0 amide bonds. The molecular weight excluding hydrogens is 188 g/mol. The van der Waals surface area contributed by atoms with Crippen LogP contribution in [0.25, 0.3) is 0 Å². The monoisotopic (exact) mass is 202 g/mol. The Morgan fingerprint density at radius 3 is 1.69 bits per heavy atom. The van der Waals surface area contributed by atoms with Gasteiger partial charge in [0.15, 0.2) is 0 Å². The molecule has 5 nitrogen and oxygen atoms in total. The van der Waals surface area contributed by atoms with E-state index < -0.39 is 5.97 Å². The number of aromatic carboxylic acids is 1. The van der Waals surface area contributed by atoms with Gasteiger partial charge in [0.25, 0.3) is 0 Å². The number of hydrogen-bond donors (Lipinski definition) is 1. The Balaban J connectivity index is -0.0000000337. The van der Waals surface area contributed by atoms with Crippen LogP contribution in [-0.4, -0.2) is 50.6 Å². The Bertz CT molecular complexity index is 222. The first-order chi connectivity index (χ1) is 4.30. The Kier molecular flexibility index (Phi) is 19.9. The van der Waals surface area contributed by atoms with Gasteiger partial charge in [0, 0.05) is 0 Å². The molecule has 0 bridgehead atoms. The van der Waals surface area contributed by atoms with Crippen LogP contribution in [0.3, 0.4) is 0 Å². The van der Waals surface area contributed by atoms with Crippen molar-refractivity contribution in [1.29, 1.82) is 0 Å². The summed E-state index contributed by atoms with van der Waals surface area (Å²) in [5.74, 6) is -0.879. The topological polar surface area (TPSA) is 132 Å². The maximum absolute atomic E-state index is 10.2. The summed E-state index contributed by atoms with van der Waals surface area (Å²) in [6.07, 6.45) is 0. The van der Waals surface area contributed by atoms with Crippen LogP contribution in [0.1, 0.15) is 13.2 Å². The Morgan fingerprint density at radius 2 is 1.46 bits per heavy atom. The summed E-state index contributed by atoms with van der Waals surface area (Å²) >= 11 is 0. The first-order valence-corrected chi connectivity index (χ1v) is 2.59. The number of hydrogen-bond acceptors (Lipinski definition) is 1. The molecule has 1 rings (SSSR count). The van der Waals surface area contributed by atoms with E-state index in [2.05, 4.69) is 0 Å². The summed E-state index contributed by atoms with van der Waals surface area (Å²) in [6.45, 7) is 0. The molecule has 6 heteroatoms. The van der Waals surface area contributed by atoms with Crippen LogP contribution in [0, 0.1) is 0 Å². The number of carboxylic acids is 1. The molecule has 0 aromatic heterocycles. The number of benzene rings is 1. The van der Waals surface area contributed by atoms with Gasteiger partial charge in [0.1, 0.15) is 0 Å². The van der Waals surface area contributed by atoms with E-state index >= 15 is 0 Å². The molecule has 0 unspecified atom stereocenters. The van der Waals surface area contributed by atoms with Gasteiger partial charge in [-0.3, -0.25) is 0 Å². The SMILES string of the molecule is O.O.O.O=C(O)c1ccccc1.[H-].[H-].[Mg+2]. The largest absolute Gasteiger partial charge is 2.00 e. The number of carboxylic acid groups (broad SMARTS) is 1. The first-order valence-electron chi connectivity index (χ1n) is 2.59. The standard InChI is InChI=1S/C7H6O2.Mg.3H2O.2H/c8-7(9)6-4-2-1-3-5-6;;;;;;/h1-5H,(H,8,9);;3*1H2;;/q;+2;;;;2*-1. The zero-order valence-electron chi connectivity index (χ0n) is 8.95. The fourth-order valence-corrected chi connectivity index (χ4v) is 0.581. The van der Waals surface area contributed by atoms with Crippen molar-refractivity contribution in [2.24, 2.45) is 0 Å². The predicted molar refractivity (Wildman–Crippen MR) is 52.2 cm³/mol. The zero-order valence-corrected chi connectivity index (χ0v) is 8.36. The molecule has 1 aromatic rings. The van der Waals surface area contributed by atoms with Crippen molar-refractivity contribution in [3.05, 3.63) is 35.9 Å². The second-order valence-corrected chi connectivity index (χ2v) is 1.67. The number of carbonyl (C=O) groups is 1. The third kappa shape index (κ3) is 7.69. The van der Waals surface area contributed by atoms with E-state index in [1.165, 1.54) is 0 Å². The Morgan fingerprint density at radius 1 is 1.08 bits per heavy atom. The average molecular weight is 202 g/mol. The van der Waals surface area contributed by atoms with Crippen molar-refractivity contribution >= 4 is 29.0 Å². The van der Waals surface area contributed by atoms with E-state index in [1.807, 2.05) is 0 Å². The van der Waals surface area contributed by atoms with Gasteiger partial charge >= 0.3 is 29.0 Å². The van der Waals surface area contributed by atoms with Gasteiger partial charge in [-0.1, -0.05) is 18.2 Å². The summed E-state index contributed by atoms with van der Waals surface area (Å²) < 4.78 is 0. The molecule has 0 aliphatic rings. The van der Waals surface area contributed by atoms with E-state index in [0.717, 1.165) is 0 Å². The van der Waals surface area contributed by atoms with E-state index in [1.54, 1.807) is 30.3 Å². The van der Waals surface area contributed by atoms with Crippen molar-refractivity contribution < 1.29 is 29.2 Å². The molecule has 0 fully saturated rings. The molecule has 0 saturated heterocycles. The van der Waals surface area contributed by atoms with Crippen molar-refractivity contribution in [2.45, 2.75) is 0 Å². The molecule has 0 saturated carbocycles. The van der Waals surface area contributed by atoms with E-state index in [4.69, 9.17) is 5.11 Å². The van der Waals surface area contributed by atoms with Crippen LogP contribution in [0.2, 0.25) is 0 Å². The van der Waals surface area contributed by atoms with Crippen LogP contribution >= 0.6 is 0 Å². The van der Waals surface area contributed by atoms with Gasteiger partial charge in [-0.25, -0.2) is 4.79 Å². The quantitative estimate of drug-likeness (QED) is 0.570. The molecule has 0 spiro atoms. The summed E-state index contributed by atoms with van der Waals surface area (Å²) in [7, 11) is 0. The van der Waals surface area contributed by atoms with Crippen LogP contribution in [0.5, 0.6) is 0 Å². The molecule has 0 aliphatic heterocycles. The molecule has 1 aromatic carbocycles. The van der Waals surface area contributed by atoms with Crippen molar-refractivity contribution in [3.8, 4) is 0 Å². The van der Waals surface area contributed by atoms with Crippen molar-refractivity contribution in [3.63, 3.8) is 0 Å². The van der Waals surface area contributed by atoms with Crippen LogP contribution in [-0.2, 0) is 0 Å². The van der Waals surface area contributed by atoms with Crippen LogP contribution in [0.15, 0.2) is 30.3 Å². The molecule has 0 radical (unpaired) electrons. The summed E-state index contributed by atoms with van der Waals surface area (Å²) in [5, 5.41) is 8.38. The number of rotatable bonds is 1. The minimum atomic E-state index is -0.879. The van der Waals surface area contributed by atoms with Gasteiger partial charge in [0.2, 0.25) is 0 Å². The van der Waals surface area contributed by atoms with E-state index in [9.17, 15) is 4.79 Å². The Labute approximate surface area is 94.4 Å². The van der Waals surface area contributed by atoms with Crippen LogP contribution in [0.4, 0.5) is 0 Å². The predicted octanol–water partition coefficient (Wildman–Crippen LogP) is -1.25. The molecule has 0 atom stereocenters. The van der Waals surface area contributed by atoms with E-state index in [0.29, 0.717) is 5.56 Å².